The van der Waals surface area contributed by atoms with E-state index in [0.29, 0.717) is 6.54 Å². The number of nitrogens with one attached hydrogen (secondary N) is 1. The molecule has 0 aliphatic carbocycles. The number of hydrogen-bond acceptors (Lipinski definition) is 4. The van der Waals surface area contributed by atoms with Gasteiger partial charge in [0.2, 0.25) is 5.91 Å². The summed E-state index contributed by atoms with van der Waals surface area (Å²) in [5.74, 6) is -1.05. The Kier molecular flexibility index (Phi) is 7.15. The van der Waals surface area contributed by atoms with Crippen LogP contribution in [0.2, 0.25) is 0 Å². The molecule has 0 fully saturated rings. The smallest absolute Gasteiger partial charge is 0.305 e. The highest BCUT2D eigenvalue weighted by atomic mass is 16.4. The number of nitrogens with zero attached hydrogens (tertiary/aromatic N) is 1. The van der Waals surface area contributed by atoms with Crippen LogP contribution in [-0.2, 0) is 9.59 Å². The van der Waals surface area contributed by atoms with E-state index in [4.69, 9.17) is 9.52 Å². The van der Waals surface area contributed by atoms with Gasteiger partial charge in [-0.25, -0.2) is 0 Å². The molecule has 22 heavy (non-hydrogen) atoms. The average Bonchev–Trinajstić information content (AvgIpc) is 2.96. The molecule has 0 bridgehead atoms. The van der Waals surface area contributed by atoms with Crippen LogP contribution in [0.1, 0.15) is 37.2 Å². The zero-order chi connectivity index (χ0) is 16.5. The fraction of sp³-hybridized carbons (Fsp3) is 0.533. The average molecular weight is 310 g/mol. The molecule has 2 N–H and O–H groups in total. The standard InChI is InChI=1S/C15H22N2O5/c1-11(2)10-17(8-6-14(19)20)13(18)5-7-16-15(21)12-4-3-9-22-12/h3-4,9,11H,5-8,10H2,1-2H3,(H,16,21)(H,19,20). The Bertz CT molecular complexity index is 496. The molecule has 0 atom stereocenters. The van der Waals surface area contributed by atoms with Gasteiger partial charge in [0.1, 0.15) is 0 Å². The van der Waals surface area contributed by atoms with Gasteiger partial charge in [-0.1, -0.05) is 13.8 Å². The Morgan fingerprint density at radius 3 is 2.59 bits per heavy atom. The summed E-state index contributed by atoms with van der Waals surface area (Å²) in [4.78, 5) is 35.9. The normalized spacial score (nSPS) is 10.5. The predicted octanol–water partition coefficient (Wildman–Crippen LogP) is 1.36. The Morgan fingerprint density at radius 1 is 1.32 bits per heavy atom. The van der Waals surface area contributed by atoms with Gasteiger partial charge in [0, 0.05) is 26.1 Å². The second-order valence-corrected chi connectivity index (χ2v) is 5.36. The minimum Gasteiger partial charge on any atom is -0.481 e. The molecule has 0 aliphatic rings. The third-order valence-corrected chi connectivity index (χ3v) is 2.90. The van der Waals surface area contributed by atoms with Crippen LogP contribution < -0.4 is 5.32 Å². The molecule has 2 amide bonds. The monoisotopic (exact) mass is 310 g/mol. The second kappa shape index (κ2) is 8.86. The van der Waals surface area contributed by atoms with Gasteiger partial charge in [-0.15, -0.1) is 0 Å². The van der Waals surface area contributed by atoms with E-state index in [9.17, 15) is 14.4 Å². The first-order chi connectivity index (χ1) is 10.4. The van der Waals surface area contributed by atoms with E-state index < -0.39 is 5.97 Å². The maximum Gasteiger partial charge on any atom is 0.305 e. The van der Waals surface area contributed by atoms with Crippen molar-refractivity contribution < 1.29 is 23.9 Å². The number of aliphatic carboxylic acids is 1. The molecule has 1 heterocycles. The second-order valence-electron chi connectivity index (χ2n) is 5.36. The number of carbonyl (C=O) groups excluding carboxylic acids is 2. The summed E-state index contributed by atoms with van der Waals surface area (Å²) in [6, 6.07) is 3.14. The van der Waals surface area contributed by atoms with Crippen molar-refractivity contribution in [3.63, 3.8) is 0 Å². The molecule has 1 aromatic rings. The molecule has 0 saturated carbocycles. The summed E-state index contributed by atoms with van der Waals surface area (Å²) in [6.07, 6.45) is 1.44. The van der Waals surface area contributed by atoms with E-state index in [-0.39, 0.29) is 49.4 Å². The van der Waals surface area contributed by atoms with Gasteiger partial charge >= 0.3 is 5.97 Å². The molecular formula is C15H22N2O5. The largest absolute Gasteiger partial charge is 0.481 e. The Labute approximate surface area is 129 Å². The molecule has 0 spiro atoms. The summed E-state index contributed by atoms with van der Waals surface area (Å²) in [6.45, 7) is 4.77. The maximum atomic E-state index is 12.1. The van der Waals surface area contributed by atoms with Crippen molar-refractivity contribution in [2.75, 3.05) is 19.6 Å². The molecule has 122 valence electrons. The van der Waals surface area contributed by atoms with Crippen LogP contribution in [-0.4, -0.2) is 47.4 Å². The Morgan fingerprint density at radius 2 is 2.05 bits per heavy atom. The molecule has 0 unspecified atom stereocenters. The number of rotatable bonds is 9. The van der Waals surface area contributed by atoms with Crippen molar-refractivity contribution >= 4 is 17.8 Å². The molecule has 1 rings (SSSR count). The fourth-order valence-corrected chi connectivity index (χ4v) is 1.93. The van der Waals surface area contributed by atoms with Crippen LogP contribution in [0.15, 0.2) is 22.8 Å². The lowest BCUT2D eigenvalue weighted by Crippen LogP contribution is -2.38. The molecule has 1 aromatic heterocycles. The minimum absolute atomic E-state index is 0.0861. The van der Waals surface area contributed by atoms with E-state index in [0.717, 1.165) is 0 Å². The Hall–Kier alpha value is -2.31. The molecule has 0 radical (unpaired) electrons. The predicted molar refractivity (Wildman–Crippen MR) is 79.3 cm³/mol. The van der Waals surface area contributed by atoms with Crippen molar-refractivity contribution in [3.8, 4) is 0 Å². The topological polar surface area (TPSA) is 99.9 Å². The van der Waals surface area contributed by atoms with Crippen molar-refractivity contribution in [2.45, 2.75) is 26.7 Å². The lowest BCUT2D eigenvalue weighted by atomic mass is 10.2. The van der Waals surface area contributed by atoms with Gasteiger partial charge in [-0.3, -0.25) is 14.4 Å². The van der Waals surface area contributed by atoms with Crippen molar-refractivity contribution in [3.05, 3.63) is 24.2 Å². The first-order valence-corrected chi connectivity index (χ1v) is 7.21. The van der Waals surface area contributed by atoms with Gasteiger partial charge in [0.05, 0.1) is 12.7 Å². The Balaban J connectivity index is 2.41. The van der Waals surface area contributed by atoms with Crippen molar-refractivity contribution in [1.29, 1.82) is 0 Å². The van der Waals surface area contributed by atoms with Gasteiger partial charge in [0.25, 0.3) is 5.91 Å². The van der Waals surface area contributed by atoms with E-state index in [1.807, 2.05) is 13.8 Å². The van der Waals surface area contributed by atoms with Gasteiger partial charge in [-0.05, 0) is 18.1 Å². The fourth-order valence-electron chi connectivity index (χ4n) is 1.93. The van der Waals surface area contributed by atoms with E-state index in [1.165, 1.54) is 17.2 Å². The molecule has 7 nitrogen and oxygen atoms in total. The molecular weight excluding hydrogens is 288 g/mol. The quantitative estimate of drug-likeness (QED) is 0.717. The summed E-state index contributed by atoms with van der Waals surface area (Å²) < 4.78 is 4.95. The highest BCUT2D eigenvalue weighted by Gasteiger charge is 2.16. The first-order valence-electron chi connectivity index (χ1n) is 7.21. The number of hydrogen-bond donors (Lipinski definition) is 2. The van der Waals surface area contributed by atoms with E-state index >= 15 is 0 Å². The SMILES string of the molecule is CC(C)CN(CCC(=O)O)C(=O)CCNC(=O)c1ccco1. The number of carbonyl (C=O) groups is 3. The number of carboxylic acid groups (broad SMARTS) is 1. The van der Waals surface area contributed by atoms with Crippen LogP contribution in [0.5, 0.6) is 0 Å². The highest BCUT2D eigenvalue weighted by molar-refractivity contribution is 5.91. The summed E-state index contributed by atoms with van der Waals surface area (Å²) >= 11 is 0. The zero-order valence-electron chi connectivity index (χ0n) is 12.9. The molecule has 0 aromatic carbocycles. The molecule has 0 saturated heterocycles. The lowest BCUT2D eigenvalue weighted by Gasteiger charge is -2.24. The van der Waals surface area contributed by atoms with Crippen LogP contribution in [0.25, 0.3) is 0 Å². The van der Waals surface area contributed by atoms with Crippen molar-refractivity contribution in [1.82, 2.24) is 10.2 Å². The van der Waals surface area contributed by atoms with Crippen molar-refractivity contribution in [2.24, 2.45) is 5.92 Å². The highest BCUT2D eigenvalue weighted by Crippen LogP contribution is 2.04. The third-order valence-electron chi connectivity index (χ3n) is 2.90. The van der Waals surface area contributed by atoms with Crippen LogP contribution in [0, 0.1) is 5.92 Å². The third kappa shape index (κ3) is 6.43. The summed E-state index contributed by atoms with van der Waals surface area (Å²) in [5.41, 5.74) is 0. The minimum atomic E-state index is -0.937. The van der Waals surface area contributed by atoms with Crippen LogP contribution >= 0.6 is 0 Å². The van der Waals surface area contributed by atoms with Crippen LogP contribution in [0.3, 0.4) is 0 Å². The molecule has 7 heteroatoms. The number of amides is 2. The number of carboxylic acids is 1. The maximum absolute atomic E-state index is 12.1. The van der Waals surface area contributed by atoms with Gasteiger partial charge < -0.3 is 19.7 Å². The molecule has 0 aliphatic heterocycles. The first kappa shape index (κ1) is 17.7. The van der Waals surface area contributed by atoms with Gasteiger partial charge in [0.15, 0.2) is 5.76 Å². The lowest BCUT2D eigenvalue weighted by molar-refractivity contribution is -0.138. The van der Waals surface area contributed by atoms with E-state index in [1.54, 1.807) is 6.07 Å². The number of furan rings is 1. The zero-order valence-corrected chi connectivity index (χ0v) is 12.9. The van der Waals surface area contributed by atoms with Crippen LogP contribution in [0.4, 0.5) is 0 Å². The van der Waals surface area contributed by atoms with E-state index in [2.05, 4.69) is 5.32 Å². The summed E-state index contributed by atoms with van der Waals surface area (Å²) in [7, 11) is 0. The van der Waals surface area contributed by atoms with Gasteiger partial charge in [-0.2, -0.15) is 0 Å². The summed E-state index contributed by atoms with van der Waals surface area (Å²) in [5, 5.41) is 11.3.